The number of likely N-dealkylation sites (N-methyl/N-ethyl adjacent to an activating group) is 1. The Kier molecular flexibility index (Phi) is 5.29. The van der Waals surface area contributed by atoms with Gasteiger partial charge in [-0.05, 0) is 45.4 Å². The highest BCUT2D eigenvalue weighted by Gasteiger charge is 2.39. The third-order valence-corrected chi connectivity index (χ3v) is 4.24. The Balaban J connectivity index is 3.22. The number of amides is 1. The summed E-state index contributed by atoms with van der Waals surface area (Å²) in [4.78, 5) is 15.9. The van der Waals surface area contributed by atoms with Crippen LogP contribution in [0.4, 0.5) is 0 Å². The molecule has 0 saturated heterocycles. The van der Waals surface area contributed by atoms with Crippen LogP contribution < -0.4 is 0 Å². The number of hydrogen-bond donors (Lipinski definition) is 0. The summed E-state index contributed by atoms with van der Waals surface area (Å²) in [6, 6.07) is 0. The zero-order chi connectivity index (χ0) is 15.6. The summed E-state index contributed by atoms with van der Waals surface area (Å²) >= 11 is 5.71. The van der Waals surface area contributed by atoms with Crippen LogP contribution in [0.3, 0.4) is 0 Å². The smallest absolute Gasteiger partial charge is 0.242 e. The van der Waals surface area contributed by atoms with E-state index in [1.54, 1.807) is 4.90 Å². The molecule has 1 aliphatic carbocycles. The van der Waals surface area contributed by atoms with Gasteiger partial charge in [0, 0.05) is 11.2 Å². The van der Waals surface area contributed by atoms with E-state index in [1.807, 2.05) is 0 Å². The molecule has 0 aromatic heterocycles. The van der Waals surface area contributed by atoms with E-state index in [2.05, 4.69) is 51.8 Å². The molecular weight excluding hydrogens is 272 g/mol. The molecule has 1 amide bonds. The summed E-state index contributed by atoms with van der Waals surface area (Å²) in [5.41, 5.74) is 1.01. The van der Waals surface area contributed by atoms with Gasteiger partial charge in [0.15, 0.2) is 0 Å². The molecule has 0 aromatic rings. The normalized spacial score (nSPS) is 25.0. The van der Waals surface area contributed by atoms with Gasteiger partial charge in [0.25, 0.3) is 0 Å². The van der Waals surface area contributed by atoms with E-state index < -0.39 is 0 Å². The Bertz CT molecular complexity index is 448. The van der Waals surface area contributed by atoms with Crippen LogP contribution in [0.5, 0.6) is 0 Å². The summed E-state index contributed by atoms with van der Waals surface area (Å²) in [6.07, 6.45) is 9.44. The Hall–Kier alpha value is -0.980. The number of carbonyl (C=O) groups excluding carboxylic acids is 1. The molecule has 20 heavy (non-hydrogen) atoms. The quantitative estimate of drug-likeness (QED) is 0.588. The predicted molar refractivity (Wildman–Crippen MR) is 84.5 cm³/mol. The summed E-state index contributed by atoms with van der Waals surface area (Å²) in [6.45, 7) is 6.91. The van der Waals surface area contributed by atoms with E-state index >= 15 is 0 Å². The number of rotatable bonds is 4. The maximum atomic E-state index is 12.0. The molecule has 0 spiro atoms. The van der Waals surface area contributed by atoms with Gasteiger partial charge in [-0.25, -0.2) is 0 Å². The fourth-order valence-corrected chi connectivity index (χ4v) is 3.10. The first kappa shape index (κ1) is 17.1. The molecule has 0 saturated carbocycles. The molecule has 3 nitrogen and oxygen atoms in total. The molecule has 1 atom stereocenters. The van der Waals surface area contributed by atoms with Crippen LogP contribution in [0.2, 0.25) is 0 Å². The van der Waals surface area contributed by atoms with Crippen molar-refractivity contribution in [2.24, 2.45) is 5.41 Å². The monoisotopic (exact) mass is 296 g/mol. The van der Waals surface area contributed by atoms with Crippen molar-refractivity contribution in [1.82, 2.24) is 9.80 Å². The van der Waals surface area contributed by atoms with E-state index in [9.17, 15) is 4.79 Å². The Morgan fingerprint density at radius 3 is 2.50 bits per heavy atom. The Morgan fingerprint density at radius 1 is 1.45 bits per heavy atom. The summed E-state index contributed by atoms with van der Waals surface area (Å²) < 4.78 is 0. The topological polar surface area (TPSA) is 23.6 Å². The van der Waals surface area contributed by atoms with Crippen LogP contribution in [0, 0.1) is 17.8 Å². The van der Waals surface area contributed by atoms with Crippen molar-refractivity contribution in [1.29, 1.82) is 0 Å². The number of halogens is 1. The number of nitrogens with zero attached hydrogens (tertiary/aromatic N) is 2. The average Bonchev–Trinajstić information content (AvgIpc) is 2.32. The summed E-state index contributed by atoms with van der Waals surface area (Å²) in [7, 11) is 4.12. The van der Waals surface area contributed by atoms with Crippen LogP contribution in [-0.2, 0) is 4.79 Å². The van der Waals surface area contributed by atoms with E-state index in [0.717, 1.165) is 18.5 Å². The van der Waals surface area contributed by atoms with Gasteiger partial charge in [-0.15, -0.1) is 18.0 Å². The largest absolute Gasteiger partial charge is 0.304 e. The summed E-state index contributed by atoms with van der Waals surface area (Å²) in [5, 5.41) is 0. The highest BCUT2D eigenvalue weighted by atomic mass is 35.5. The molecule has 1 rings (SSSR count). The van der Waals surface area contributed by atoms with Gasteiger partial charge < -0.3 is 9.80 Å². The fourth-order valence-electron chi connectivity index (χ4n) is 2.96. The van der Waals surface area contributed by atoms with E-state index in [-0.39, 0.29) is 29.3 Å². The van der Waals surface area contributed by atoms with Crippen molar-refractivity contribution in [3.05, 3.63) is 11.8 Å². The first-order chi connectivity index (χ1) is 9.15. The second-order valence-electron chi connectivity index (χ2n) is 6.72. The number of allylic oxidation sites excluding steroid dienone is 1. The van der Waals surface area contributed by atoms with Gasteiger partial charge in [-0.1, -0.05) is 19.8 Å². The van der Waals surface area contributed by atoms with E-state index in [1.165, 1.54) is 0 Å². The zero-order valence-corrected chi connectivity index (χ0v) is 13.9. The Labute approximate surface area is 128 Å². The van der Waals surface area contributed by atoms with Crippen molar-refractivity contribution in [2.45, 2.75) is 39.2 Å². The lowest BCUT2D eigenvalue weighted by Crippen LogP contribution is -2.48. The van der Waals surface area contributed by atoms with Crippen molar-refractivity contribution in [3.63, 3.8) is 0 Å². The van der Waals surface area contributed by atoms with Crippen LogP contribution in [-0.4, -0.2) is 47.8 Å². The van der Waals surface area contributed by atoms with Gasteiger partial charge in [-0.3, -0.25) is 4.79 Å². The molecule has 0 bridgehead atoms. The first-order valence-corrected chi connectivity index (χ1v) is 7.37. The van der Waals surface area contributed by atoms with Gasteiger partial charge in [0.1, 0.15) is 5.88 Å². The minimum atomic E-state index is -0.130. The molecule has 1 aliphatic rings. The molecule has 0 aromatic carbocycles. The highest BCUT2D eigenvalue weighted by molar-refractivity contribution is 6.27. The average molecular weight is 297 g/mol. The maximum Gasteiger partial charge on any atom is 0.242 e. The Morgan fingerprint density at radius 2 is 2.05 bits per heavy atom. The van der Waals surface area contributed by atoms with Crippen LogP contribution in [0.1, 0.15) is 33.6 Å². The van der Waals surface area contributed by atoms with Crippen molar-refractivity contribution < 1.29 is 4.79 Å². The molecule has 1 unspecified atom stereocenters. The van der Waals surface area contributed by atoms with Gasteiger partial charge >= 0.3 is 0 Å². The molecule has 0 N–H and O–H groups in total. The minimum absolute atomic E-state index is 0.0435. The molecular formula is C16H25ClN2O. The molecule has 4 heteroatoms. The van der Waals surface area contributed by atoms with Gasteiger partial charge in [0.05, 0.1) is 6.54 Å². The zero-order valence-electron chi connectivity index (χ0n) is 13.2. The van der Waals surface area contributed by atoms with Crippen molar-refractivity contribution in [2.75, 3.05) is 26.5 Å². The maximum absolute atomic E-state index is 12.0. The number of hydrogen-bond acceptors (Lipinski definition) is 2. The SMILES string of the molecule is C#CCN(C(=O)CCl)C1=CC(C)(N(C)C)CC(C)(C)C1. The van der Waals surface area contributed by atoms with Crippen molar-refractivity contribution >= 4 is 17.5 Å². The molecule has 0 fully saturated rings. The summed E-state index contributed by atoms with van der Waals surface area (Å²) in [5.74, 6) is 2.38. The lowest BCUT2D eigenvalue weighted by atomic mass is 9.70. The lowest BCUT2D eigenvalue weighted by Gasteiger charge is -2.46. The third kappa shape index (κ3) is 3.77. The predicted octanol–water partition coefficient (Wildman–Crippen LogP) is 2.71. The number of alkyl halides is 1. The molecule has 112 valence electrons. The number of terminal acetylenes is 1. The van der Waals surface area contributed by atoms with Gasteiger partial charge in [-0.2, -0.15) is 0 Å². The lowest BCUT2D eigenvalue weighted by molar-refractivity contribution is -0.126. The molecule has 0 radical (unpaired) electrons. The van der Waals surface area contributed by atoms with Crippen LogP contribution in [0.15, 0.2) is 11.8 Å². The number of carbonyl (C=O) groups is 1. The second-order valence-corrected chi connectivity index (χ2v) is 6.99. The third-order valence-electron chi connectivity index (χ3n) is 4.01. The second kappa shape index (κ2) is 6.20. The van der Waals surface area contributed by atoms with E-state index in [0.29, 0.717) is 0 Å². The van der Waals surface area contributed by atoms with Crippen LogP contribution in [0.25, 0.3) is 0 Å². The van der Waals surface area contributed by atoms with E-state index in [4.69, 9.17) is 18.0 Å². The van der Waals surface area contributed by atoms with Crippen molar-refractivity contribution in [3.8, 4) is 12.3 Å². The molecule has 0 aliphatic heterocycles. The fraction of sp³-hybridized carbons (Fsp3) is 0.688. The standard InChI is InChI=1S/C16H25ClN2O/c1-7-8-19(14(20)11-17)13-9-15(2,3)12-16(4,10-13)18(5)6/h1,10H,8-9,11-12H2,2-6H3. The minimum Gasteiger partial charge on any atom is -0.304 e. The highest BCUT2D eigenvalue weighted by Crippen LogP contribution is 2.43. The first-order valence-electron chi connectivity index (χ1n) is 6.84. The van der Waals surface area contributed by atoms with Crippen LogP contribution >= 0.6 is 11.6 Å². The van der Waals surface area contributed by atoms with Gasteiger partial charge in [0.2, 0.25) is 5.91 Å². The molecule has 0 heterocycles.